The van der Waals surface area contributed by atoms with E-state index in [9.17, 15) is 0 Å². The molecule has 4 heteroatoms. The van der Waals surface area contributed by atoms with E-state index >= 15 is 0 Å². The van der Waals surface area contributed by atoms with Gasteiger partial charge in [0, 0.05) is 16.4 Å². The minimum absolute atomic E-state index is 0. The zero-order valence-corrected chi connectivity index (χ0v) is 11.0. The normalized spacial score (nSPS) is 9.31. The molecule has 0 radical (unpaired) electrons. The van der Waals surface area contributed by atoms with Crippen LogP contribution in [0, 0.1) is 0 Å². The van der Waals surface area contributed by atoms with Crippen molar-refractivity contribution in [3.05, 3.63) is 58.8 Å². The van der Waals surface area contributed by atoms with Crippen molar-refractivity contribution >= 4 is 34.0 Å². The zero-order valence-electron chi connectivity index (χ0n) is 8.56. The SMILES string of the molecule is Brc1ccc(NCc2ccccn2)cc1.Cl. The van der Waals surface area contributed by atoms with Crippen LogP contribution < -0.4 is 5.32 Å². The van der Waals surface area contributed by atoms with E-state index in [0.29, 0.717) is 0 Å². The van der Waals surface area contributed by atoms with Gasteiger partial charge in [0.1, 0.15) is 0 Å². The highest BCUT2D eigenvalue weighted by atomic mass is 79.9. The highest BCUT2D eigenvalue weighted by Crippen LogP contribution is 2.14. The fourth-order valence-corrected chi connectivity index (χ4v) is 1.53. The Kier molecular flexibility index (Phi) is 5.29. The molecule has 0 bridgehead atoms. The highest BCUT2D eigenvalue weighted by Gasteiger charge is 1.93. The molecule has 0 amide bonds. The average Bonchev–Trinajstić information content (AvgIpc) is 2.30. The first kappa shape index (κ1) is 13.0. The lowest BCUT2D eigenvalue weighted by atomic mass is 10.3. The summed E-state index contributed by atoms with van der Waals surface area (Å²) in [5.41, 5.74) is 2.14. The van der Waals surface area contributed by atoms with E-state index in [4.69, 9.17) is 0 Å². The number of nitrogens with one attached hydrogen (secondary N) is 1. The fourth-order valence-electron chi connectivity index (χ4n) is 1.26. The van der Waals surface area contributed by atoms with Crippen molar-refractivity contribution in [2.24, 2.45) is 0 Å². The summed E-state index contributed by atoms with van der Waals surface area (Å²) >= 11 is 3.40. The van der Waals surface area contributed by atoms with Crippen molar-refractivity contribution in [1.82, 2.24) is 4.98 Å². The molecule has 0 fully saturated rings. The molecule has 0 aliphatic heterocycles. The number of anilines is 1. The van der Waals surface area contributed by atoms with Gasteiger partial charge in [-0.2, -0.15) is 0 Å². The summed E-state index contributed by atoms with van der Waals surface area (Å²) in [6, 6.07) is 14.0. The summed E-state index contributed by atoms with van der Waals surface area (Å²) in [7, 11) is 0. The quantitative estimate of drug-likeness (QED) is 0.930. The minimum atomic E-state index is 0. The lowest BCUT2D eigenvalue weighted by molar-refractivity contribution is 1.05. The zero-order chi connectivity index (χ0) is 10.5. The number of hydrogen-bond acceptors (Lipinski definition) is 2. The lowest BCUT2D eigenvalue weighted by Gasteiger charge is -2.05. The molecule has 0 unspecified atom stereocenters. The van der Waals surface area contributed by atoms with Crippen molar-refractivity contribution in [2.45, 2.75) is 6.54 Å². The fraction of sp³-hybridized carbons (Fsp3) is 0.0833. The maximum Gasteiger partial charge on any atom is 0.0594 e. The van der Waals surface area contributed by atoms with E-state index in [2.05, 4.69) is 26.2 Å². The van der Waals surface area contributed by atoms with Gasteiger partial charge in [-0.05, 0) is 36.4 Å². The first-order valence-corrected chi connectivity index (χ1v) is 5.53. The summed E-state index contributed by atoms with van der Waals surface area (Å²) in [6.45, 7) is 0.752. The molecule has 0 aliphatic carbocycles. The number of hydrogen-bond donors (Lipinski definition) is 1. The second-order valence-corrected chi connectivity index (χ2v) is 4.10. The molecule has 1 heterocycles. The molecule has 84 valence electrons. The predicted molar refractivity (Wildman–Crippen MR) is 73.0 cm³/mol. The van der Waals surface area contributed by atoms with Crippen LogP contribution in [-0.4, -0.2) is 4.98 Å². The van der Waals surface area contributed by atoms with Gasteiger partial charge in [0.15, 0.2) is 0 Å². The van der Waals surface area contributed by atoms with E-state index in [1.807, 2.05) is 42.5 Å². The second-order valence-electron chi connectivity index (χ2n) is 3.18. The number of benzene rings is 1. The third kappa shape index (κ3) is 3.83. The predicted octanol–water partition coefficient (Wildman–Crippen LogP) is 3.88. The Balaban J connectivity index is 0.00000128. The molecule has 2 rings (SSSR count). The molecule has 16 heavy (non-hydrogen) atoms. The molecular formula is C12H12BrClN2. The van der Waals surface area contributed by atoms with E-state index < -0.39 is 0 Å². The van der Waals surface area contributed by atoms with E-state index in [0.717, 1.165) is 22.4 Å². The molecular weight excluding hydrogens is 288 g/mol. The Morgan fingerprint density at radius 2 is 1.81 bits per heavy atom. The largest absolute Gasteiger partial charge is 0.379 e. The standard InChI is InChI=1S/C12H11BrN2.ClH/c13-10-4-6-11(7-5-10)15-9-12-3-1-2-8-14-12;/h1-8,15H,9H2;1H. The summed E-state index contributed by atoms with van der Waals surface area (Å²) in [4.78, 5) is 4.24. The van der Waals surface area contributed by atoms with Crippen LogP contribution in [0.1, 0.15) is 5.69 Å². The van der Waals surface area contributed by atoms with E-state index in [1.165, 1.54) is 0 Å². The first-order valence-electron chi connectivity index (χ1n) is 4.74. The van der Waals surface area contributed by atoms with Gasteiger partial charge >= 0.3 is 0 Å². The van der Waals surface area contributed by atoms with Crippen molar-refractivity contribution in [3.8, 4) is 0 Å². The van der Waals surface area contributed by atoms with Crippen molar-refractivity contribution in [2.75, 3.05) is 5.32 Å². The number of halogens is 2. The number of nitrogens with zero attached hydrogens (tertiary/aromatic N) is 1. The second kappa shape index (κ2) is 6.51. The summed E-state index contributed by atoms with van der Waals surface area (Å²) < 4.78 is 1.09. The minimum Gasteiger partial charge on any atom is -0.379 e. The molecule has 2 nitrogen and oxygen atoms in total. The van der Waals surface area contributed by atoms with Crippen LogP contribution in [0.5, 0.6) is 0 Å². The van der Waals surface area contributed by atoms with E-state index in [-0.39, 0.29) is 12.4 Å². The van der Waals surface area contributed by atoms with Gasteiger partial charge < -0.3 is 5.32 Å². The maximum atomic E-state index is 4.24. The molecule has 1 aromatic carbocycles. The van der Waals surface area contributed by atoms with Crippen LogP contribution >= 0.6 is 28.3 Å². The first-order chi connectivity index (χ1) is 7.34. The third-order valence-electron chi connectivity index (χ3n) is 2.04. The van der Waals surface area contributed by atoms with E-state index in [1.54, 1.807) is 6.20 Å². The van der Waals surface area contributed by atoms with Crippen LogP contribution in [0.3, 0.4) is 0 Å². The molecule has 1 aromatic heterocycles. The summed E-state index contributed by atoms with van der Waals surface area (Å²) in [5, 5.41) is 3.30. The number of pyridine rings is 1. The van der Waals surface area contributed by atoms with Gasteiger partial charge in [0.25, 0.3) is 0 Å². The maximum absolute atomic E-state index is 4.24. The molecule has 1 N–H and O–H groups in total. The van der Waals surface area contributed by atoms with Gasteiger partial charge in [-0.3, -0.25) is 4.98 Å². The number of rotatable bonds is 3. The summed E-state index contributed by atoms with van der Waals surface area (Å²) in [6.07, 6.45) is 1.80. The molecule has 2 aromatic rings. The van der Waals surface area contributed by atoms with Crippen LogP contribution in [0.4, 0.5) is 5.69 Å². The Bertz CT molecular complexity index is 417. The van der Waals surface area contributed by atoms with Gasteiger partial charge in [-0.1, -0.05) is 22.0 Å². The van der Waals surface area contributed by atoms with Crippen molar-refractivity contribution in [1.29, 1.82) is 0 Å². The lowest BCUT2D eigenvalue weighted by Crippen LogP contribution is -2.00. The van der Waals surface area contributed by atoms with Gasteiger partial charge in [-0.25, -0.2) is 0 Å². The highest BCUT2D eigenvalue weighted by molar-refractivity contribution is 9.10. The molecule has 0 atom stereocenters. The molecule has 0 spiro atoms. The van der Waals surface area contributed by atoms with Crippen LogP contribution in [-0.2, 0) is 6.54 Å². The molecule has 0 saturated carbocycles. The van der Waals surface area contributed by atoms with Crippen molar-refractivity contribution in [3.63, 3.8) is 0 Å². The van der Waals surface area contributed by atoms with Gasteiger partial charge in [-0.15, -0.1) is 12.4 Å². The van der Waals surface area contributed by atoms with Crippen LogP contribution in [0.15, 0.2) is 53.1 Å². The Morgan fingerprint density at radius 3 is 2.44 bits per heavy atom. The third-order valence-corrected chi connectivity index (χ3v) is 2.57. The Morgan fingerprint density at radius 1 is 1.06 bits per heavy atom. The topological polar surface area (TPSA) is 24.9 Å². The summed E-state index contributed by atoms with van der Waals surface area (Å²) in [5.74, 6) is 0. The van der Waals surface area contributed by atoms with Crippen LogP contribution in [0.25, 0.3) is 0 Å². The van der Waals surface area contributed by atoms with Gasteiger partial charge in [0.2, 0.25) is 0 Å². The monoisotopic (exact) mass is 298 g/mol. The average molecular weight is 300 g/mol. The number of aromatic nitrogens is 1. The van der Waals surface area contributed by atoms with Crippen molar-refractivity contribution < 1.29 is 0 Å². The Labute approximate surface area is 110 Å². The molecule has 0 saturated heterocycles. The van der Waals surface area contributed by atoms with Crippen LogP contribution in [0.2, 0.25) is 0 Å². The van der Waals surface area contributed by atoms with Gasteiger partial charge in [0.05, 0.1) is 12.2 Å². The molecule has 0 aliphatic rings. The Hall–Kier alpha value is -1.06. The smallest absolute Gasteiger partial charge is 0.0594 e.